The van der Waals surface area contributed by atoms with Gasteiger partial charge in [-0.15, -0.1) is 0 Å². The highest BCUT2D eigenvalue weighted by Gasteiger charge is 2.36. The summed E-state index contributed by atoms with van der Waals surface area (Å²) in [6.45, 7) is 8.53. The lowest BCUT2D eigenvalue weighted by Crippen LogP contribution is -2.46. The molecule has 0 atom stereocenters. The minimum absolute atomic E-state index is 0.390. The van der Waals surface area contributed by atoms with Crippen LogP contribution in [0.2, 0.25) is 0 Å². The van der Waals surface area contributed by atoms with Gasteiger partial charge in [-0.3, -0.25) is 9.89 Å². The van der Waals surface area contributed by atoms with Crippen LogP contribution in [0, 0.1) is 11.3 Å². The van der Waals surface area contributed by atoms with Gasteiger partial charge in [0.25, 0.3) is 0 Å². The van der Waals surface area contributed by atoms with Crippen molar-refractivity contribution in [1.82, 2.24) is 15.5 Å². The lowest BCUT2D eigenvalue weighted by molar-refractivity contribution is 0.0732. The Morgan fingerprint density at radius 1 is 1.14 bits per heavy atom. The average molecular weight is 401 g/mol. The number of hydrogen-bond acceptors (Lipinski definition) is 3. The highest BCUT2D eigenvalue weighted by molar-refractivity contribution is 5.79. The molecule has 1 aromatic carbocycles. The largest absolute Gasteiger partial charge is 0.385 e. The van der Waals surface area contributed by atoms with E-state index < -0.39 is 0 Å². The number of nitrogens with one attached hydrogen (secondary N) is 2. The van der Waals surface area contributed by atoms with Gasteiger partial charge < -0.3 is 15.4 Å². The topological polar surface area (TPSA) is 48.9 Å². The van der Waals surface area contributed by atoms with Gasteiger partial charge in [0.15, 0.2) is 5.96 Å². The number of likely N-dealkylation sites (tertiary alicyclic amines) is 1. The number of methoxy groups -OCH3 is 1. The van der Waals surface area contributed by atoms with Gasteiger partial charge in [-0.05, 0) is 67.7 Å². The van der Waals surface area contributed by atoms with E-state index in [4.69, 9.17) is 4.74 Å². The standard InChI is InChI=1S/C24H40N4O/c1-20-9-14-28(15-10-20)18-22-7-5-21(6-8-22)17-26-23(25-2)27-19-24(11-4-12-24)13-16-29-3/h5-8,20H,4,9-19H2,1-3H3,(H2,25,26,27). The van der Waals surface area contributed by atoms with E-state index >= 15 is 0 Å². The summed E-state index contributed by atoms with van der Waals surface area (Å²) >= 11 is 0. The van der Waals surface area contributed by atoms with Crippen LogP contribution in [0.3, 0.4) is 0 Å². The van der Waals surface area contributed by atoms with E-state index in [1.54, 1.807) is 7.11 Å². The number of rotatable bonds is 9. The molecule has 0 spiro atoms. The van der Waals surface area contributed by atoms with E-state index in [1.807, 2.05) is 7.05 Å². The third-order valence-corrected chi connectivity index (χ3v) is 6.87. The molecule has 0 bridgehead atoms. The molecule has 0 radical (unpaired) electrons. The van der Waals surface area contributed by atoms with Crippen molar-refractivity contribution in [3.8, 4) is 0 Å². The summed E-state index contributed by atoms with van der Waals surface area (Å²) in [7, 11) is 3.64. The van der Waals surface area contributed by atoms with E-state index in [0.29, 0.717) is 5.41 Å². The van der Waals surface area contributed by atoms with Gasteiger partial charge in [-0.2, -0.15) is 0 Å². The molecule has 2 N–H and O–H groups in total. The highest BCUT2D eigenvalue weighted by Crippen LogP contribution is 2.43. The third kappa shape index (κ3) is 6.71. The number of benzene rings is 1. The van der Waals surface area contributed by atoms with Crippen LogP contribution in [0.5, 0.6) is 0 Å². The van der Waals surface area contributed by atoms with E-state index in [0.717, 1.165) is 44.5 Å². The molecule has 1 heterocycles. The summed E-state index contributed by atoms with van der Waals surface area (Å²) in [5, 5.41) is 7.00. The van der Waals surface area contributed by atoms with Crippen molar-refractivity contribution in [2.75, 3.05) is 40.4 Å². The second-order valence-electron chi connectivity index (χ2n) is 9.15. The molecule has 3 rings (SSSR count). The maximum absolute atomic E-state index is 5.30. The van der Waals surface area contributed by atoms with E-state index in [9.17, 15) is 0 Å². The first-order chi connectivity index (χ1) is 14.1. The Labute approximate surface area is 177 Å². The van der Waals surface area contributed by atoms with Crippen molar-refractivity contribution < 1.29 is 4.74 Å². The van der Waals surface area contributed by atoms with Crippen LogP contribution in [0.4, 0.5) is 0 Å². The Hall–Kier alpha value is -1.59. The van der Waals surface area contributed by atoms with Crippen LogP contribution >= 0.6 is 0 Å². The fourth-order valence-electron chi connectivity index (χ4n) is 4.43. The number of guanidine groups is 1. The molecule has 2 fully saturated rings. The highest BCUT2D eigenvalue weighted by atomic mass is 16.5. The Kier molecular flexibility index (Phi) is 8.37. The van der Waals surface area contributed by atoms with Gasteiger partial charge in [-0.1, -0.05) is 37.6 Å². The van der Waals surface area contributed by atoms with Crippen molar-refractivity contribution in [1.29, 1.82) is 0 Å². The van der Waals surface area contributed by atoms with Gasteiger partial charge in [0.05, 0.1) is 0 Å². The Bertz CT molecular complexity index is 631. The summed E-state index contributed by atoms with van der Waals surface area (Å²) in [5.41, 5.74) is 3.10. The zero-order valence-electron chi connectivity index (χ0n) is 18.7. The number of hydrogen-bond donors (Lipinski definition) is 2. The van der Waals surface area contributed by atoms with Gasteiger partial charge in [0.2, 0.25) is 0 Å². The summed E-state index contributed by atoms with van der Waals surface area (Å²) in [4.78, 5) is 6.98. The van der Waals surface area contributed by atoms with Gasteiger partial charge >= 0.3 is 0 Å². The van der Waals surface area contributed by atoms with Gasteiger partial charge in [-0.25, -0.2) is 0 Å². The first kappa shape index (κ1) is 22.1. The molecule has 29 heavy (non-hydrogen) atoms. The molecule has 1 aliphatic heterocycles. The zero-order valence-corrected chi connectivity index (χ0v) is 18.7. The normalized spacial score (nSPS) is 20.3. The molecule has 1 saturated heterocycles. The molecular formula is C24H40N4O. The maximum atomic E-state index is 5.30. The van der Waals surface area contributed by atoms with Crippen LogP contribution in [-0.2, 0) is 17.8 Å². The van der Waals surface area contributed by atoms with Crippen LogP contribution in [0.25, 0.3) is 0 Å². The van der Waals surface area contributed by atoms with Crippen molar-refractivity contribution in [2.24, 2.45) is 16.3 Å². The molecule has 5 nitrogen and oxygen atoms in total. The summed E-state index contributed by atoms with van der Waals surface area (Å²) in [6, 6.07) is 9.04. The third-order valence-electron chi connectivity index (χ3n) is 6.87. The van der Waals surface area contributed by atoms with Crippen molar-refractivity contribution >= 4 is 5.96 Å². The van der Waals surface area contributed by atoms with Crippen LogP contribution in [0.15, 0.2) is 29.3 Å². The second kappa shape index (κ2) is 11.0. The molecular weight excluding hydrogens is 360 g/mol. The predicted octanol–water partition coefficient (Wildman–Crippen LogP) is 3.79. The van der Waals surface area contributed by atoms with Gasteiger partial charge in [0.1, 0.15) is 0 Å². The summed E-state index contributed by atoms with van der Waals surface area (Å²) in [5.74, 6) is 1.78. The predicted molar refractivity (Wildman–Crippen MR) is 121 cm³/mol. The first-order valence-corrected chi connectivity index (χ1v) is 11.4. The lowest BCUT2D eigenvalue weighted by atomic mass is 9.67. The quantitative estimate of drug-likeness (QED) is 0.489. The van der Waals surface area contributed by atoms with Crippen LogP contribution < -0.4 is 10.6 Å². The fraction of sp³-hybridized carbons (Fsp3) is 0.708. The molecule has 1 aliphatic carbocycles. The lowest BCUT2D eigenvalue weighted by Gasteiger charge is -2.42. The molecule has 0 amide bonds. The number of piperidine rings is 1. The SMILES string of the molecule is CN=C(NCc1ccc(CN2CCC(C)CC2)cc1)NCC1(CCOC)CCC1. The first-order valence-electron chi connectivity index (χ1n) is 11.4. The number of ether oxygens (including phenoxy) is 1. The second-order valence-corrected chi connectivity index (χ2v) is 9.15. The molecule has 0 unspecified atom stereocenters. The Morgan fingerprint density at radius 3 is 2.41 bits per heavy atom. The minimum atomic E-state index is 0.390. The van der Waals surface area contributed by atoms with Crippen LogP contribution in [0.1, 0.15) is 56.6 Å². The van der Waals surface area contributed by atoms with E-state index in [1.165, 1.54) is 56.3 Å². The zero-order chi connectivity index (χ0) is 20.5. The molecule has 162 valence electrons. The van der Waals surface area contributed by atoms with Gasteiger partial charge in [0, 0.05) is 40.4 Å². The minimum Gasteiger partial charge on any atom is -0.385 e. The Morgan fingerprint density at radius 2 is 1.83 bits per heavy atom. The molecule has 1 saturated carbocycles. The molecule has 5 heteroatoms. The summed E-state index contributed by atoms with van der Waals surface area (Å²) < 4.78 is 5.30. The maximum Gasteiger partial charge on any atom is 0.191 e. The molecule has 2 aliphatic rings. The van der Waals surface area contributed by atoms with Crippen LogP contribution in [-0.4, -0.2) is 51.3 Å². The number of nitrogens with zero attached hydrogens (tertiary/aromatic N) is 2. The number of aliphatic imine (C=N–C) groups is 1. The molecule has 0 aromatic heterocycles. The smallest absolute Gasteiger partial charge is 0.191 e. The average Bonchev–Trinajstić information content (AvgIpc) is 2.72. The monoisotopic (exact) mass is 400 g/mol. The molecule has 1 aromatic rings. The van der Waals surface area contributed by atoms with E-state index in [-0.39, 0.29) is 0 Å². The van der Waals surface area contributed by atoms with Crippen molar-refractivity contribution in [3.63, 3.8) is 0 Å². The fourth-order valence-corrected chi connectivity index (χ4v) is 4.43. The van der Waals surface area contributed by atoms with Crippen molar-refractivity contribution in [3.05, 3.63) is 35.4 Å². The summed E-state index contributed by atoms with van der Waals surface area (Å²) in [6.07, 6.45) is 7.71. The Balaban J connectivity index is 1.41. The van der Waals surface area contributed by atoms with Crippen molar-refractivity contribution in [2.45, 2.75) is 58.5 Å². The van der Waals surface area contributed by atoms with E-state index in [2.05, 4.69) is 51.7 Å².